The Morgan fingerprint density at radius 3 is 2.74 bits per heavy atom. The van der Waals surface area contributed by atoms with Crippen LogP contribution in [0.15, 0.2) is 30.3 Å². The van der Waals surface area contributed by atoms with Gasteiger partial charge in [0.1, 0.15) is 11.9 Å². The summed E-state index contributed by atoms with van der Waals surface area (Å²) >= 11 is 7.70. The molecule has 1 N–H and O–H groups in total. The van der Waals surface area contributed by atoms with Crippen LogP contribution in [0.3, 0.4) is 0 Å². The van der Waals surface area contributed by atoms with E-state index in [0.29, 0.717) is 17.6 Å². The third-order valence-corrected chi connectivity index (χ3v) is 7.02. The summed E-state index contributed by atoms with van der Waals surface area (Å²) in [5.74, 6) is 3.27. The maximum atomic E-state index is 10.6. The first-order chi connectivity index (χ1) is 13.1. The molecule has 27 heavy (non-hydrogen) atoms. The Labute approximate surface area is 167 Å². The summed E-state index contributed by atoms with van der Waals surface area (Å²) in [5, 5.41) is 10.6. The monoisotopic (exact) mass is 407 g/mol. The highest BCUT2D eigenvalue weighted by atomic mass is 35.5. The van der Waals surface area contributed by atoms with E-state index in [1.54, 1.807) is 11.3 Å². The van der Waals surface area contributed by atoms with E-state index in [2.05, 4.69) is 11.0 Å². The van der Waals surface area contributed by atoms with Crippen molar-refractivity contribution < 1.29 is 19.3 Å². The summed E-state index contributed by atoms with van der Waals surface area (Å²) in [6.45, 7) is 3.27. The van der Waals surface area contributed by atoms with Crippen LogP contribution in [0.1, 0.15) is 17.7 Å². The van der Waals surface area contributed by atoms with Gasteiger partial charge in [-0.05, 0) is 48.9 Å². The fourth-order valence-corrected chi connectivity index (χ4v) is 5.66. The molecule has 2 fully saturated rings. The van der Waals surface area contributed by atoms with E-state index in [9.17, 15) is 5.11 Å². The van der Waals surface area contributed by atoms with Gasteiger partial charge in [-0.15, -0.1) is 11.3 Å². The lowest BCUT2D eigenvalue weighted by Crippen LogP contribution is -2.42. The number of hydrogen-bond acceptors (Lipinski definition) is 6. The van der Waals surface area contributed by atoms with Gasteiger partial charge in [0.15, 0.2) is 11.5 Å². The van der Waals surface area contributed by atoms with Gasteiger partial charge in [0, 0.05) is 30.6 Å². The van der Waals surface area contributed by atoms with Crippen molar-refractivity contribution in [3.05, 3.63) is 39.5 Å². The van der Waals surface area contributed by atoms with Gasteiger partial charge in [0.2, 0.25) is 6.79 Å². The van der Waals surface area contributed by atoms with Gasteiger partial charge in [-0.25, -0.2) is 0 Å². The maximum absolute atomic E-state index is 10.6. The molecule has 2 aliphatic heterocycles. The molecule has 2 aromatic rings. The average molecular weight is 408 g/mol. The lowest BCUT2D eigenvalue weighted by Gasteiger charge is -2.35. The smallest absolute Gasteiger partial charge is 0.231 e. The standard InChI is InChI=1S/C20H22ClNO4S/c21-20-4-2-15(27-20)10-22-8-12-5-16(23)18(6-13(12)9-22)26-14-1-3-17-19(7-14)25-11-24-17/h1-4,7,12-13,16,18,23H,5-6,8-11H2/t12-,13+,16+,18+/m0/s1. The molecule has 0 radical (unpaired) electrons. The fourth-order valence-electron chi connectivity index (χ4n) is 4.53. The number of thiophene rings is 1. The molecule has 1 aromatic carbocycles. The summed E-state index contributed by atoms with van der Waals surface area (Å²) < 4.78 is 17.7. The van der Waals surface area contributed by atoms with Gasteiger partial charge in [-0.2, -0.15) is 0 Å². The van der Waals surface area contributed by atoms with Crippen molar-refractivity contribution in [3.63, 3.8) is 0 Å². The predicted octanol–water partition coefficient (Wildman–Crippen LogP) is 3.78. The molecule has 3 aliphatic rings. The van der Waals surface area contributed by atoms with Crippen LogP contribution in [0.25, 0.3) is 0 Å². The number of rotatable bonds is 4. The zero-order valence-electron chi connectivity index (χ0n) is 14.8. The first-order valence-corrected chi connectivity index (χ1v) is 10.5. The molecule has 0 bridgehead atoms. The molecule has 0 unspecified atom stereocenters. The van der Waals surface area contributed by atoms with Crippen LogP contribution in [-0.2, 0) is 6.54 Å². The molecule has 5 rings (SSSR count). The van der Waals surface area contributed by atoms with Crippen molar-refractivity contribution in [2.24, 2.45) is 11.8 Å². The molecule has 1 aromatic heterocycles. The molecule has 7 heteroatoms. The Balaban J connectivity index is 1.22. The molecule has 0 amide bonds. The third-order valence-electron chi connectivity index (χ3n) is 5.80. The molecule has 144 valence electrons. The number of halogens is 1. The van der Waals surface area contributed by atoms with Crippen molar-refractivity contribution in [2.45, 2.75) is 31.6 Å². The molecule has 0 spiro atoms. The second kappa shape index (κ2) is 7.17. The summed E-state index contributed by atoms with van der Waals surface area (Å²) in [5.41, 5.74) is 0. The highest BCUT2D eigenvalue weighted by Gasteiger charge is 2.42. The second-order valence-electron chi connectivity index (χ2n) is 7.63. The molecular formula is C20H22ClNO4S. The van der Waals surface area contributed by atoms with E-state index in [-0.39, 0.29) is 12.9 Å². The van der Waals surface area contributed by atoms with Crippen molar-refractivity contribution in [2.75, 3.05) is 19.9 Å². The van der Waals surface area contributed by atoms with Crippen LogP contribution >= 0.6 is 22.9 Å². The minimum Gasteiger partial charge on any atom is -0.488 e. The Bertz CT molecular complexity index is 828. The first kappa shape index (κ1) is 17.6. The van der Waals surface area contributed by atoms with E-state index >= 15 is 0 Å². The predicted molar refractivity (Wildman–Crippen MR) is 104 cm³/mol. The summed E-state index contributed by atoms with van der Waals surface area (Å²) in [6, 6.07) is 9.66. The van der Waals surface area contributed by atoms with Crippen LogP contribution in [0, 0.1) is 11.8 Å². The minimum atomic E-state index is -0.437. The highest BCUT2D eigenvalue weighted by Crippen LogP contribution is 2.40. The lowest BCUT2D eigenvalue weighted by atomic mass is 9.78. The van der Waals surface area contributed by atoms with Crippen molar-refractivity contribution >= 4 is 22.9 Å². The fraction of sp³-hybridized carbons (Fsp3) is 0.500. The molecule has 4 atom stereocenters. The molecule has 3 heterocycles. The van der Waals surface area contributed by atoms with Crippen molar-refractivity contribution in [1.29, 1.82) is 0 Å². The normalized spacial score (nSPS) is 29.7. The van der Waals surface area contributed by atoms with E-state index in [1.165, 1.54) is 4.88 Å². The molecular weight excluding hydrogens is 386 g/mol. The number of aliphatic hydroxyl groups is 1. The van der Waals surface area contributed by atoms with Crippen LogP contribution in [0.4, 0.5) is 0 Å². The van der Waals surface area contributed by atoms with Crippen LogP contribution in [0.2, 0.25) is 4.34 Å². The molecule has 1 saturated carbocycles. The number of likely N-dealkylation sites (tertiary alicyclic amines) is 1. The van der Waals surface area contributed by atoms with E-state index < -0.39 is 6.10 Å². The van der Waals surface area contributed by atoms with Gasteiger partial charge >= 0.3 is 0 Å². The van der Waals surface area contributed by atoms with Gasteiger partial charge in [-0.1, -0.05) is 11.6 Å². The Morgan fingerprint density at radius 1 is 1.11 bits per heavy atom. The summed E-state index contributed by atoms with van der Waals surface area (Å²) in [7, 11) is 0. The van der Waals surface area contributed by atoms with E-state index in [4.69, 9.17) is 25.8 Å². The molecule has 1 saturated heterocycles. The van der Waals surface area contributed by atoms with Gasteiger partial charge in [0.25, 0.3) is 0 Å². The lowest BCUT2D eigenvalue weighted by molar-refractivity contribution is -0.0232. The van der Waals surface area contributed by atoms with Crippen molar-refractivity contribution in [3.8, 4) is 17.2 Å². The highest BCUT2D eigenvalue weighted by molar-refractivity contribution is 7.16. The number of fused-ring (bicyclic) bond motifs is 2. The summed E-state index contributed by atoms with van der Waals surface area (Å²) in [6.07, 6.45) is 1.05. The number of benzene rings is 1. The maximum Gasteiger partial charge on any atom is 0.231 e. The van der Waals surface area contributed by atoms with Crippen molar-refractivity contribution in [1.82, 2.24) is 4.90 Å². The topological polar surface area (TPSA) is 51.2 Å². The number of nitrogens with zero attached hydrogens (tertiary/aromatic N) is 1. The van der Waals surface area contributed by atoms with Crippen LogP contribution < -0.4 is 14.2 Å². The SMILES string of the molecule is O[C@@H]1C[C@H]2CN(Cc3ccc(Cl)s3)C[C@H]2C[C@H]1Oc1ccc2c(c1)OCO2. The first-order valence-electron chi connectivity index (χ1n) is 9.35. The van der Waals surface area contributed by atoms with Gasteiger partial charge < -0.3 is 19.3 Å². The Hall–Kier alpha value is -1.47. The number of aliphatic hydroxyl groups excluding tert-OH is 1. The number of hydrogen-bond donors (Lipinski definition) is 1. The third kappa shape index (κ3) is 3.63. The Morgan fingerprint density at radius 2 is 1.93 bits per heavy atom. The quantitative estimate of drug-likeness (QED) is 0.835. The zero-order valence-corrected chi connectivity index (χ0v) is 16.4. The minimum absolute atomic E-state index is 0.178. The average Bonchev–Trinajstić information content (AvgIpc) is 3.35. The van der Waals surface area contributed by atoms with Gasteiger partial charge in [0.05, 0.1) is 10.4 Å². The number of ether oxygens (including phenoxy) is 3. The largest absolute Gasteiger partial charge is 0.488 e. The van der Waals surface area contributed by atoms with Crippen LogP contribution in [0.5, 0.6) is 17.2 Å². The van der Waals surface area contributed by atoms with Crippen LogP contribution in [-0.4, -0.2) is 42.1 Å². The second-order valence-corrected chi connectivity index (χ2v) is 9.43. The summed E-state index contributed by atoms with van der Waals surface area (Å²) in [4.78, 5) is 3.78. The van der Waals surface area contributed by atoms with Gasteiger partial charge in [-0.3, -0.25) is 4.90 Å². The molecule has 1 aliphatic carbocycles. The zero-order chi connectivity index (χ0) is 18.4. The molecule has 5 nitrogen and oxygen atoms in total. The van der Waals surface area contributed by atoms with E-state index in [0.717, 1.165) is 48.3 Å². The Kier molecular flexibility index (Phi) is 4.68. The van der Waals surface area contributed by atoms with E-state index in [1.807, 2.05) is 24.3 Å².